The van der Waals surface area contributed by atoms with Crippen LogP contribution in [-0.2, 0) is 19.6 Å². The van der Waals surface area contributed by atoms with Crippen molar-refractivity contribution < 1.29 is 23.1 Å². The van der Waals surface area contributed by atoms with Crippen LogP contribution in [0.15, 0.2) is 71.6 Å². The van der Waals surface area contributed by atoms with Crippen LogP contribution < -0.4 is 15.4 Å². The number of amides is 2. The van der Waals surface area contributed by atoms with Gasteiger partial charge >= 0.3 is 11.8 Å². The molecule has 8 nitrogen and oxygen atoms in total. The van der Waals surface area contributed by atoms with E-state index in [0.29, 0.717) is 15.7 Å². The van der Waals surface area contributed by atoms with E-state index in [4.69, 9.17) is 23.2 Å². The van der Waals surface area contributed by atoms with Gasteiger partial charge in [0, 0.05) is 27.5 Å². The van der Waals surface area contributed by atoms with E-state index in [1.165, 1.54) is 60.7 Å². The summed E-state index contributed by atoms with van der Waals surface area (Å²) in [6, 6.07) is 15.4. The predicted octanol–water partition coefficient (Wildman–Crippen LogP) is 4.08. The van der Waals surface area contributed by atoms with E-state index in [1.54, 1.807) is 0 Å². The van der Waals surface area contributed by atoms with Gasteiger partial charge in [-0.25, -0.2) is 8.42 Å². The monoisotopic (exact) mass is 479 g/mol. The van der Waals surface area contributed by atoms with Crippen molar-refractivity contribution in [3.63, 3.8) is 0 Å². The van der Waals surface area contributed by atoms with Crippen LogP contribution in [0.1, 0.15) is 0 Å². The van der Waals surface area contributed by atoms with Crippen LogP contribution in [0.3, 0.4) is 0 Å². The van der Waals surface area contributed by atoms with Crippen molar-refractivity contribution in [3.05, 3.63) is 76.8 Å². The lowest BCUT2D eigenvalue weighted by Crippen LogP contribution is -2.29. The zero-order valence-corrected chi connectivity index (χ0v) is 17.9. The fourth-order valence-electron chi connectivity index (χ4n) is 2.42. The van der Waals surface area contributed by atoms with E-state index < -0.39 is 27.6 Å². The number of benzene rings is 3. The van der Waals surface area contributed by atoms with Crippen molar-refractivity contribution in [1.29, 1.82) is 0 Å². The highest BCUT2D eigenvalue weighted by atomic mass is 35.5. The lowest BCUT2D eigenvalue weighted by Gasteiger charge is -2.11. The zero-order chi connectivity index (χ0) is 22.6. The number of anilines is 3. The summed E-state index contributed by atoms with van der Waals surface area (Å²) < 4.78 is 27.3. The lowest BCUT2D eigenvalue weighted by atomic mass is 10.3. The van der Waals surface area contributed by atoms with Crippen molar-refractivity contribution in [2.24, 2.45) is 0 Å². The minimum Gasteiger partial charge on any atom is -0.506 e. The molecule has 0 spiro atoms. The molecule has 0 aliphatic rings. The average molecular weight is 480 g/mol. The molecule has 3 rings (SSSR count). The number of aromatic hydroxyl groups is 1. The summed E-state index contributed by atoms with van der Waals surface area (Å²) in [6.07, 6.45) is 0. The summed E-state index contributed by atoms with van der Waals surface area (Å²) in [7, 11) is -4.01. The molecular formula is C20H15Cl2N3O5S. The first-order valence-electron chi connectivity index (χ1n) is 8.63. The molecular weight excluding hydrogens is 465 g/mol. The van der Waals surface area contributed by atoms with Gasteiger partial charge in [0.25, 0.3) is 10.0 Å². The molecule has 0 saturated carbocycles. The van der Waals surface area contributed by atoms with E-state index >= 15 is 0 Å². The summed E-state index contributed by atoms with van der Waals surface area (Å²) in [4.78, 5) is 23.9. The molecule has 0 unspecified atom stereocenters. The molecule has 31 heavy (non-hydrogen) atoms. The van der Waals surface area contributed by atoms with Gasteiger partial charge in [-0.3, -0.25) is 14.3 Å². The molecule has 3 aromatic carbocycles. The Morgan fingerprint density at radius 1 is 0.742 bits per heavy atom. The van der Waals surface area contributed by atoms with E-state index in [0.717, 1.165) is 6.07 Å². The van der Waals surface area contributed by atoms with Gasteiger partial charge in [-0.2, -0.15) is 0 Å². The Kier molecular flexibility index (Phi) is 6.69. The largest absolute Gasteiger partial charge is 0.506 e. The third-order valence-electron chi connectivity index (χ3n) is 3.93. The van der Waals surface area contributed by atoms with E-state index in [9.17, 15) is 23.1 Å². The van der Waals surface area contributed by atoms with E-state index in [-0.39, 0.29) is 16.3 Å². The number of sulfonamides is 1. The molecule has 0 aliphatic heterocycles. The number of phenols is 1. The molecule has 0 saturated heterocycles. The molecule has 0 fully saturated rings. The number of rotatable bonds is 5. The molecule has 2 amide bonds. The van der Waals surface area contributed by atoms with Gasteiger partial charge in [0.1, 0.15) is 5.75 Å². The number of carbonyl (C=O) groups is 2. The first-order valence-corrected chi connectivity index (χ1v) is 10.9. The molecule has 4 N–H and O–H groups in total. The molecule has 0 radical (unpaired) electrons. The molecule has 0 heterocycles. The predicted molar refractivity (Wildman–Crippen MR) is 119 cm³/mol. The summed E-state index contributed by atoms with van der Waals surface area (Å²) in [6.45, 7) is 0. The van der Waals surface area contributed by atoms with Gasteiger partial charge in [0.05, 0.1) is 10.6 Å². The highest BCUT2D eigenvalue weighted by molar-refractivity contribution is 7.92. The second kappa shape index (κ2) is 9.25. The van der Waals surface area contributed by atoms with Crippen molar-refractivity contribution in [2.45, 2.75) is 4.90 Å². The molecule has 0 aliphatic carbocycles. The Bertz CT molecular complexity index is 1230. The normalized spacial score (nSPS) is 10.9. The third-order valence-corrected chi connectivity index (χ3v) is 5.82. The lowest BCUT2D eigenvalue weighted by molar-refractivity contribution is -0.133. The average Bonchev–Trinajstić information content (AvgIpc) is 2.72. The maximum Gasteiger partial charge on any atom is 0.314 e. The third kappa shape index (κ3) is 5.88. The fraction of sp³-hybridized carbons (Fsp3) is 0. The number of nitrogens with one attached hydrogen (secondary N) is 3. The minimum absolute atomic E-state index is 0.137. The fourth-order valence-corrected chi connectivity index (χ4v) is 3.75. The quantitative estimate of drug-likeness (QED) is 0.324. The van der Waals surface area contributed by atoms with Crippen LogP contribution in [0, 0.1) is 0 Å². The first kappa shape index (κ1) is 22.4. The topological polar surface area (TPSA) is 125 Å². The molecule has 0 atom stereocenters. The van der Waals surface area contributed by atoms with Crippen molar-refractivity contribution in [3.8, 4) is 5.75 Å². The Morgan fingerprint density at radius 2 is 1.26 bits per heavy atom. The van der Waals surface area contributed by atoms with Gasteiger partial charge in [0.2, 0.25) is 0 Å². The van der Waals surface area contributed by atoms with Crippen LogP contribution in [-0.4, -0.2) is 25.3 Å². The number of hydrogen-bond donors (Lipinski definition) is 4. The van der Waals surface area contributed by atoms with Gasteiger partial charge in [-0.05, 0) is 60.7 Å². The number of carbonyl (C=O) groups excluding carboxylic acids is 2. The van der Waals surface area contributed by atoms with Crippen LogP contribution in [0.5, 0.6) is 5.75 Å². The molecule has 11 heteroatoms. The Morgan fingerprint density at radius 3 is 1.81 bits per heavy atom. The Hall–Kier alpha value is -3.27. The van der Waals surface area contributed by atoms with Crippen LogP contribution in [0.4, 0.5) is 17.1 Å². The van der Waals surface area contributed by atoms with E-state index in [2.05, 4.69) is 15.4 Å². The number of halogens is 2. The van der Waals surface area contributed by atoms with Crippen LogP contribution in [0.2, 0.25) is 10.0 Å². The summed E-state index contributed by atoms with van der Waals surface area (Å²) in [5.74, 6) is -2.57. The number of hydrogen-bond acceptors (Lipinski definition) is 5. The highest BCUT2D eigenvalue weighted by Crippen LogP contribution is 2.28. The first-order chi connectivity index (χ1) is 14.6. The number of phenolic OH excluding ortho intramolecular Hbond substituents is 1. The zero-order valence-electron chi connectivity index (χ0n) is 15.6. The van der Waals surface area contributed by atoms with Crippen molar-refractivity contribution >= 4 is 62.1 Å². The standard InChI is InChI=1S/C20H15Cl2N3O5S/c21-12-1-5-14(6-2-12)23-19(27)20(28)24-17-10-9-16(11-18(17)26)31(29,30)25-15-7-3-13(22)4-8-15/h1-11,25-26H,(H,23,27)(H,24,28). The van der Waals surface area contributed by atoms with Gasteiger partial charge in [-0.1, -0.05) is 23.2 Å². The molecule has 0 bridgehead atoms. The van der Waals surface area contributed by atoms with E-state index in [1.807, 2.05) is 0 Å². The van der Waals surface area contributed by atoms with Gasteiger partial charge in [-0.15, -0.1) is 0 Å². The molecule has 160 valence electrons. The van der Waals surface area contributed by atoms with Crippen molar-refractivity contribution in [1.82, 2.24) is 0 Å². The van der Waals surface area contributed by atoms with Gasteiger partial charge in [0.15, 0.2) is 0 Å². The summed E-state index contributed by atoms with van der Waals surface area (Å²) in [5, 5.41) is 15.6. The maximum atomic E-state index is 12.5. The highest BCUT2D eigenvalue weighted by Gasteiger charge is 2.19. The SMILES string of the molecule is O=C(Nc1ccc(Cl)cc1)C(=O)Nc1ccc(S(=O)(=O)Nc2ccc(Cl)cc2)cc1O. The van der Waals surface area contributed by atoms with Crippen LogP contribution in [0.25, 0.3) is 0 Å². The maximum absolute atomic E-state index is 12.5. The molecule has 3 aromatic rings. The van der Waals surface area contributed by atoms with Crippen molar-refractivity contribution in [2.75, 3.05) is 15.4 Å². The Balaban J connectivity index is 1.69. The summed E-state index contributed by atoms with van der Waals surface area (Å²) >= 11 is 11.5. The van der Waals surface area contributed by atoms with Crippen LogP contribution >= 0.6 is 23.2 Å². The smallest absolute Gasteiger partial charge is 0.314 e. The van der Waals surface area contributed by atoms with Gasteiger partial charge < -0.3 is 15.7 Å². The summed E-state index contributed by atoms with van der Waals surface area (Å²) in [5.41, 5.74) is 0.491. The Labute approximate surface area is 187 Å². The second-order valence-electron chi connectivity index (χ2n) is 6.21. The second-order valence-corrected chi connectivity index (χ2v) is 8.76. The molecule has 0 aromatic heterocycles. The minimum atomic E-state index is -4.01.